The van der Waals surface area contributed by atoms with Crippen molar-refractivity contribution in [3.8, 4) is 5.82 Å². The number of hydrogen-bond acceptors (Lipinski definition) is 1. The van der Waals surface area contributed by atoms with E-state index >= 15 is 0 Å². The molecule has 1 N–H and O–H groups in total. The van der Waals surface area contributed by atoms with Crippen LogP contribution in [0.1, 0.15) is 24.1 Å². The third kappa shape index (κ3) is 2.44. The van der Waals surface area contributed by atoms with E-state index in [1.807, 2.05) is 0 Å². The predicted octanol–water partition coefficient (Wildman–Crippen LogP) is 7.85. The summed E-state index contributed by atoms with van der Waals surface area (Å²) >= 11 is 0. The van der Waals surface area contributed by atoms with Crippen LogP contribution in [0.3, 0.4) is 0 Å². The summed E-state index contributed by atoms with van der Waals surface area (Å²) in [7, 11) is 0. The molecular weight excluding hydrogens is 414 g/mol. The number of hydrogen-bond donors (Lipinski definition) is 1. The third-order valence-corrected chi connectivity index (χ3v) is 7.67. The average molecular weight is 438 g/mol. The molecule has 0 amide bonds. The molecule has 0 fully saturated rings. The molecule has 0 spiro atoms. The number of H-pyrrole nitrogens is 1. The maximum absolute atomic E-state index is 5.24. The van der Waals surface area contributed by atoms with Crippen LogP contribution in [0, 0.1) is 0 Å². The molecule has 1 aliphatic rings. The Morgan fingerprint density at radius 3 is 2.47 bits per heavy atom. The summed E-state index contributed by atoms with van der Waals surface area (Å²) in [4.78, 5) is 8.88. The van der Waals surface area contributed by atoms with Gasteiger partial charge >= 0.3 is 0 Å². The Labute approximate surface area is 196 Å². The van der Waals surface area contributed by atoms with Crippen LogP contribution in [-0.4, -0.2) is 14.5 Å². The van der Waals surface area contributed by atoms with Crippen molar-refractivity contribution in [1.29, 1.82) is 0 Å². The summed E-state index contributed by atoms with van der Waals surface area (Å²) in [6.45, 7) is 0. The fourth-order valence-electron chi connectivity index (χ4n) is 6.05. The lowest BCUT2D eigenvalue weighted by Crippen LogP contribution is -2.08. The number of aromatic amines is 1. The largest absolute Gasteiger partial charge is 0.354 e. The van der Waals surface area contributed by atoms with Crippen molar-refractivity contribution in [2.45, 2.75) is 25.7 Å². The number of rotatable bonds is 1. The van der Waals surface area contributed by atoms with E-state index in [0.29, 0.717) is 0 Å². The van der Waals surface area contributed by atoms with Crippen LogP contribution >= 0.6 is 0 Å². The number of para-hydroxylation sites is 1. The Balaban J connectivity index is 1.56. The van der Waals surface area contributed by atoms with E-state index in [1.165, 1.54) is 78.5 Å². The minimum atomic E-state index is 1.02. The molecular formula is C31H23N3. The average Bonchev–Trinajstić information content (AvgIpc) is 3.42. The van der Waals surface area contributed by atoms with Crippen molar-refractivity contribution < 1.29 is 0 Å². The lowest BCUT2D eigenvalue weighted by atomic mass is 9.96. The molecule has 3 heterocycles. The molecule has 162 valence electrons. The molecule has 0 unspecified atom stereocenters. The molecule has 34 heavy (non-hydrogen) atoms. The second-order valence-corrected chi connectivity index (χ2v) is 9.59. The first-order valence-corrected chi connectivity index (χ1v) is 12.2. The summed E-state index contributed by atoms with van der Waals surface area (Å²) in [5, 5.41) is 7.62. The van der Waals surface area contributed by atoms with E-state index in [-0.39, 0.29) is 0 Å². The number of pyridine rings is 1. The van der Waals surface area contributed by atoms with E-state index < -0.39 is 0 Å². The Morgan fingerprint density at radius 1 is 0.647 bits per heavy atom. The van der Waals surface area contributed by atoms with Crippen molar-refractivity contribution in [3.63, 3.8) is 0 Å². The molecule has 3 nitrogen and oxygen atoms in total. The molecule has 0 bridgehead atoms. The highest BCUT2D eigenvalue weighted by molar-refractivity contribution is 6.22. The first-order valence-electron chi connectivity index (χ1n) is 12.2. The predicted molar refractivity (Wildman–Crippen MR) is 142 cm³/mol. The highest BCUT2D eigenvalue weighted by Crippen LogP contribution is 2.39. The van der Waals surface area contributed by atoms with Gasteiger partial charge in [-0.3, -0.25) is 4.57 Å². The summed E-state index contributed by atoms with van der Waals surface area (Å²) in [6, 6.07) is 31.0. The number of nitrogens with zero attached hydrogens (tertiary/aromatic N) is 2. The summed E-state index contributed by atoms with van der Waals surface area (Å²) in [5.41, 5.74) is 7.48. The first-order chi connectivity index (χ1) is 16.8. The van der Waals surface area contributed by atoms with Crippen molar-refractivity contribution in [2.75, 3.05) is 0 Å². The quantitative estimate of drug-likeness (QED) is 0.279. The number of fused-ring (bicyclic) bond motifs is 9. The zero-order valence-electron chi connectivity index (χ0n) is 18.8. The van der Waals surface area contributed by atoms with Gasteiger partial charge in [-0.15, -0.1) is 0 Å². The van der Waals surface area contributed by atoms with Crippen LogP contribution in [0.5, 0.6) is 0 Å². The Hall–Kier alpha value is -4.11. The lowest BCUT2D eigenvalue weighted by Gasteiger charge is -2.17. The Morgan fingerprint density at radius 2 is 1.50 bits per heavy atom. The van der Waals surface area contributed by atoms with Crippen LogP contribution < -0.4 is 0 Å². The maximum Gasteiger partial charge on any atom is 0.137 e. The van der Waals surface area contributed by atoms with Crippen LogP contribution in [0.4, 0.5) is 0 Å². The Bertz CT molecular complexity index is 1920. The van der Waals surface area contributed by atoms with Gasteiger partial charge in [0.05, 0.1) is 11.0 Å². The topological polar surface area (TPSA) is 33.6 Å². The van der Waals surface area contributed by atoms with Crippen molar-refractivity contribution in [2.24, 2.45) is 0 Å². The van der Waals surface area contributed by atoms with Gasteiger partial charge in [0.1, 0.15) is 5.82 Å². The number of nitrogens with one attached hydrogen (secondary N) is 1. The number of aromatic nitrogens is 3. The van der Waals surface area contributed by atoms with Gasteiger partial charge in [0.2, 0.25) is 0 Å². The number of aryl methyl sites for hydroxylation is 2. The van der Waals surface area contributed by atoms with Gasteiger partial charge < -0.3 is 4.98 Å². The van der Waals surface area contributed by atoms with Crippen LogP contribution in [0.25, 0.3) is 60.2 Å². The van der Waals surface area contributed by atoms with E-state index in [4.69, 9.17) is 4.98 Å². The molecule has 3 aromatic heterocycles. The monoisotopic (exact) mass is 437 g/mol. The van der Waals surface area contributed by atoms with Gasteiger partial charge in [-0.25, -0.2) is 4.98 Å². The van der Waals surface area contributed by atoms with Crippen molar-refractivity contribution >= 4 is 54.4 Å². The van der Waals surface area contributed by atoms with Gasteiger partial charge in [0.15, 0.2) is 0 Å². The molecule has 3 heteroatoms. The van der Waals surface area contributed by atoms with Crippen LogP contribution in [0.15, 0.2) is 84.9 Å². The Kier molecular flexibility index (Phi) is 3.62. The number of benzene rings is 4. The summed E-state index contributed by atoms with van der Waals surface area (Å²) in [5.74, 6) is 1.02. The molecule has 4 aromatic carbocycles. The minimum Gasteiger partial charge on any atom is -0.354 e. The normalized spacial score (nSPS) is 14.0. The smallest absolute Gasteiger partial charge is 0.137 e. The van der Waals surface area contributed by atoms with Crippen LogP contribution in [0.2, 0.25) is 0 Å². The summed E-state index contributed by atoms with van der Waals surface area (Å²) in [6.07, 6.45) is 4.73. The SMILES string of the molecule is c1ccc2c(c1)ccc1c3cc4c(cc3n(-c3ccc5c(n3)CCCC5)c21)[nH]c1ccccc14. The fourth-order valence-corrected chi connectivity index (χ4v) is 6.05. The molecule has 0 saturated carbocycles. The van der Waals surface area contributed by atoms with Gasteiger partial charge in [-0.1, -0.05) is 60.7 Å². The zero-order chi connectivity index (χ0) is 22.2. The maximum atomic E-state index is 5.24. The first kappa shape index (κ1) is 18.3. The highest BCUT2D eigenvalue weighted by Gasteiger charge is 2.19. The lowest BCUT2D eigenvalue weighted by molar-refractivity contribution is 0.666. The van der Waals surface area contributed by atoms with Crippen LogP contribution in [-0.2, 0) is 12.8 Å². The molecule has 0 saturated heterocycles. The fraction of sp³-hybridized carbons (Fsp3) is 0.129. The molecule has 0 aliphatic heterocycles. The third-order valence-electron chi connectivity index (χ3n) is 7.67. The standard InChI is InChI=1S/C31H23N3/c1-3-9-21-19(7-1)13-15-23-25-17-24-22-10-4-6-12-27(22)32-28(24)18-29(25)34(31(21)23)30-16-14-20-8-2-5-11-26(20)33-30/h1,3-4,6-7,9-10,12-18,32H,2,5,8,11H2. The molecule has 7 aromatic rings. The zero-order valence-corrected chi connectivity index (χ0v) is 18.8. The van der Waals surface area contributed by atoms with E-state index in [9.17, 15) is 0 Å². The van der Waals surface area contributed by atoms with E-state index in [0.717, 1.165) is 18.7 Å². The van der Waals surface area contributed by atoms with Gasteiger partial charge in [-0.2, -0.15) is 0 Å². The molecule has 0 radical (unpaired) electrons. The van der Waals surface area contributed by atoms with Gasteiger partial charge in [0, 0.05) is 43.7 Å². The molecule has 1 aliphatic carbocycles. The molecule has 8 rings (SSSR count). The summed E-state index contributed by atoms with van der Waals surface area (Å²) < 4.78 is 2.40. The van der Waals surface area contributed by atoms with Gasteiger partial charge in [-0.05, 0) is 60.9 Å². The highest BCUT2D eigenvalue weighted by atomic mass is 15.1. The molecule has 0 atom stereocenters. The van der Waals surface area contributed by atoms with E-state index in [1.54, 1.807) is 0 Å². The second-order valence-electron chi connectivity index (χ2n) is 9.59. The van der Waals surface area contributed by atoms with Crippen molar-refractivity contribution in [1.82, 2.24) is 14.5 Å². The second kappa shape index (κ2) is 6.71. The minimum absolute atomic E-state index is 1.02. The van der Waals surface area contributed by atoms with Gasteiger partial charge in [0.25, 0.3) is 0 Å². The van der Waals surface area contributed by atoms with Crippen molar-refractivity contribution in [3.05, 3.63) is 96.2 Å². The van der Waals surface area contributed by atoms with E-state index in [2.05, 4.69) is 94.5 Å².